The normalized spacial score (nSPS) is 15.2. The molecule has 1 aliphatic rings. The Kier molecular flexibility index (Phi) is 17.4. The minimum atomic E-state index is -1.05. The molecule has 13 heteroatoms. The predicted molar refractivity (Wildman–Crippen MR) is 137 cm³/mol. The molecule has 2 atom stereocenters. The molecule has 208 valence electrons. The van der Waals surface area contributed by atoms with Gasteiger partial charge in [-0.15, -0.1) is 0 Å². The van der Waals surface area contributed by atoms with Crippen molar-refractivity contribution in [1.82, 2.24) is 10.4 Å². The smallest absolute Gasteiger partial charge is 0.450 e. The highest BCUT2D eigenvalue weighted by Crippen LogP contribution is 2.38. The monoisotopic (exact) mass is 552 g/mol. The molecule has 0 aromatic carbocycles. The van der Waals surface area contributed by atoms with E-state index in [1.165, 1.54) is 0 Å². The standard InChI is InChI=1S/C23H40N2O9S2/c1-5-7-18(11-13-32-22(28)24-17(15-30-3)16-31-4)35-36-19(8-6-2)12-14-33-23(29)34-25-20(26)9-10-21(25)27/h17-19H,5-16H2,1-4H3,(H,24,28). The topological polar surface area (TPSA) is 130 Å². The first kappa shape index (κ1) is 32.3. The Labute approximate surface area is 221 Å². The van der Waals surface area contributed by atoms with E-state index in [0.29, 0.717) is 36.6 Å². The van der Waals surface area contributed by atoms with Gasteiger partial charge in [0.25, 0.3) is 11.8 Å². The predicted octanol–water partition coefficient (Wildman–Crippen LogP) is 4.09. The number of hydrogen-bond acceptors (Lipinski definition) is 11. The molecule has 0 aromatic heterocycles. The quantitative estimate of drug-likeness (QED) is 0.141. The second-order valence-electron chi connectivity index (χ2n) is 8.25. The molecule has 36 heavy (non-hydrogen) atoms. The lowest BCUT2D eigenvalue weighted by Gasteiger charge is -2.21. The van der Waals surface area contributed by atoms with Crippen molar-refractivity contribution in [2.24, 2.45) is 0 Å². The van der Waals surface area contributed by atoms with Gasteiger partial charge in [-0.25, -0.2) is 9.59 Å². The molecule has 1 heterocycles. The van der Waals surface area contributed by atoms with E-state index < -0.39 is 24.1 Å². The van der Waals surface area contributed by atoms with E-state index in [1.807, 2.05) is 0 Å². The Balaban J connectivity index is 2.37. The Morgan fingerprint density at radius 3 is 1.83 bits per heavy atom. The summed E-state index contributed by atoms with van der Waals surface area (Å²) in [6.45, 7) is 5.31. The number of carbonyl (C=O) groups excluding carboxylic acids is 4. The maximum Gasteiger partial charge on any atom is 0.533 e. The van der Waals surface area contributed by atoms with Gasteiger partial charge in [-0.05, 0) is 25.7 Å². The maximum absolute atomic E-state index is 12.1. The second-order valence-corrected chi connectivity index (χ2v) is 11.1. The average Bonchev–Trinajstić information content (AvgIpc) is 3.14. The van der Waals surface area contributed by atoms with Crippen molar-refractivity contribution in [2.75, 3.05) is 40.6 Å². The third-order valence-electron chi connectivity index (χ3n) is 5.11. The number of nitrogens with zero attached hydrogens (tertiary/aromatic N) is 1. The fourth-order valence-corrected chi connectivity index (χ4v) is 6.80. The summed E-state index contributed by atoms with van der Waals surface area (Å²) in [6.07, 6.45) is 3.77. The van der Waals surface area contributed by atoms with E-state index in [-0.39, 0.29) is 30.7 Å². The van der Waals surface area contributed by atoms with E-state index in [4.69, 9.17) is 23.8 Å². The Morgan fingerprint density at radius 2 is 1.36 bits per heavy atom. The number of alkyl carbamates (subject to hydrolysis) is 1. The molecular weight excluding hydrogens is 512 g/mol. The zero-order chi connectivity index (χ0) is 26.8. The number of imide groups is 1. The van der Waals surface area contributed by atoms with Crippen LogP contribution in [0.25, 0.3) is 0 Å². The van der Waals surface area contributed by atoms with Gasteiger partial charge in [-0.3, -0.25) is 14.4 Å². The van der Waals surface area contributed by atoms with Crippen LogP contribution >= 0.6 is 21.6 Å². The molecule has 1 rings (SSSR count). The first-order chi connectivity index (χ1) is 17.3. The van der Waals surface area contributed by atoms with Crippen LogP contribution in [0.4, 0.5) is 9.59 Å². The maximum atomic E-state index is 12.1. The van der Waals surface area contributed by atoms with Crippen LogP contribution in [0.1, 0.15) is 65.2 Å². The summed E-state index contributed by atoms with van der Waals surface area (Å²) in [6, 6.07) is -0.269. The first-order valence-electron chi connectivity index (χ1n) is 12.3. The average molecular weight is 553 g/mol. The van der Waals surface area contributed by atoms with E-state index >= 15 is 0 Å². The van der Waals surface area contributed by atoms with Crippen molar-refractivity contribution in [1.29, 1.82) is 0 Å². The number of hydrogen-bond donors (Lipinski definition) is 1. The molecule has 1 N–H and O–H groups in total. The van der Waals surface area contributed by atoms with E-state index in [2.05, 4.69) is 19.2 Å². The van der Waals surface area contributed by atoms with Gasteiger partial charge in [-0.1, -0.05) is 53.3 Å². The minimum Gasteiger partial charge on any atom is -0.450 e. The second kappa shape index (κ2) is 19.4. The van der Waals surface area contributed by atoms with Crippen LogP contribution in [0, 0.1) is 0 Å². The summed E-state index contributed by atoms with van der Waals surface area (Å²) in [4.78, 5) is 51.7. The van der Waals surface area contributed by atoms with Crippen LogP contribution in [0.2, 0.25) is 0 Å². The lowest BCUT2D eigenvalue weighted by Crippen LogP contribution is -2.41. The SMILES string of the molecule is CCCC(CCOC(=O)NC(COC)COC)SSC(CCC)CCOC(=O)ON1C(=O)CCC1=O. The van der Waals surface area contributed by atoms with Crippen molar-refractivity contribution in [3.05, 3.63) is 0 Å². The summed E-state index contributed by atoms with van der Waals surface area (Å²) >= 11 is 0. The molecule has 0 radical (unpaired) electrons. The van der Waals surface area contributed by atoms with Crippen LogP contribution in [-0.4, -0.2) is 86.3 Å². The molecule has 0 aliphatic carbocycles. The molecule has 0 saturated carbocycles. The number of amides is 3. The van der Waals surface area contributed by atoms with Gasteiger partial charge >= 0.3 is 12.2 Å². The van der Waals surface area contributed by atoms with Crippen LogP contribution in [0.5, 0.6) is 0 Å². The van der Waals surface area contributed by atoms with Gasteiger partial charge in [0.05, 0.1) is 32.5 Å². The third-order valence-corrected chi connectivity index (χ3v) is 8.68. The molecule has 1 saturated heterocycles. The molecule has 0 bridgehead atoms. The van der Waals surface area contributed by atoms with Crippen molar-refractivity contribution < 1.29 is 43.0 Å². The van der Waals surface area contributed by atoms with Crippen LogP contribution in [0.15, 0.2) is 0 Å². The number of hydroxylamine groups is 2. The van der Waals surface area contributed by atoms with Gasteiger partial charge in [0.1, 0.15) is 0 Å². The number of carbonyl (C=O) groups is 4. The van der Waals surface area contributed by atoms with Crippen LogP contribution < -0.4 is 5.32 Å². The van der Waals surface area contributed by atoms with Crippen LogP contribution in [-0.2, 0) is 33.4 Å². The van der Waals surface area contributed by atoms with Gasteiger partial charge in [0, 0.05) is 37.6 Å². The van der Waals surface area contributed by atoms with Gasteiger partial charge in [0.15, 0.2) is 0 Å². The molecule has 0 aromatic rings. The Morgan fingerprint density at radius 1 is 0.861 bits per heavy atom. The number of ether oxygens (including phenoxy) is 4. The summed E-state index contributed by atoms with van der Waals surface area (Å²) in [5.41, 5.74) is 0. The zero-order valence-electron chi connectivity index (χ0n) is 21.7. The minimum absolute atomic E-state index is 0.0370. The zero-order valence-corrected chi connectivity index (χ0v) is 23.3. The first-order valence-corrected chi connectivity index (χ1v) is 14.6. The van der Waals surface area contributed by atoms with E-state index in [1.54, 1.807) is 35.8 Å². The fourth-order valence-electron chi connectivity index (χ4n) is 3.34. The molecule has 11 nitrogen and oxygen atoms in total. The molecule has 1 fully saturated rings. The summed E-state index contributed by atoms with van der Waals surface area (Å²) < 4.78 is 20.6. The summed E-state index contributed by atoms with van der Waals surface area (Å²) in [7, 11) is 6.61. The van der Waals surface area contributed by atoms with Gasteiger partial charge in [-0.2, -0.15) is 0 Å². The fraction of sp³-hybridized carbons (Fsp3) is 0.826. The van der Waals surface area contributed by atoms with Crippen LogP contribution in [0.3, 0.4) is 0 Å². The Bertz CT molecular complexity index is 662. The van der Waals surface area contributed by atoms with Gasteiger partial charge < -0.3 is 24.3 Å². The highest BCUT2D eigenvalue weighted by molar-refractivity contribution is 8.77. The number of rotatable bonds is 19. The van der Waals surface area contributed by atoms with E-state index in [0.717, 1.165) is 32.1 Å². The Hall–Kier alpha value is -1.70. The third kappa shape index (κ3) is 13.6. The summed E-state index contributed by atoms with van der Waals surface area (Å²) in [5.74, 6) is -1.08. The lowest BCUT2D eigenvalue weighted by molar-refractivity contribution is -0.177. The van der Waals surface area contributed by atoms with Crippen molar-refractivity contribution >= 4 is 45.7 Å². The van der Waals surface area contributed by atoms with Crippen molar-refractivity contribution in [3.63, 3.8) is 0 Å². The highest BCUT2D eigenvalue weighted by atomic mass is 33.1. The lowest BCUT2D eigenvalue weighted by atomic mass is 10.2. The molecule has 0 spiro atoms. The van der Waals surface area contributed by atoms with E-state index in [9.17, 15) is 19.2 Å². The van der Waals surface area contributed by atoms with Gasteiger partial charge in [0.2, 0.25) is 0 Å². The highest BCUT2D eigenvalue weighted by Gasteiger charge is 2.33. The number of methoxy groups -OCH3 is 2. The molecule has 2 unspecified atom stereocenters. The molecule has 3 amide bonds. The van der Waals surface area contributed by atoms with Crippen molar-refractivity contribution in [3.8, 4) is 0 Å². The summed E-state index contributed by atoms with van der Waals surface area (Å²) in [5, 5.41) is 3.76. The largest absolute Gasteiger partial charge is 0.533 e. The number of nitrogens with one attached hydrogen (secondary N) is 1. The molecule has 1 aliphatic heterocycles. The molecular formula is C23H40N2O9S2. The van der Waals surface area contributed by atoms with Crippen molar-refractivity contribution in [2.45, 2.75) is 81.8 Å².